The number of allylic oxidation sites excluding steroid dienone is 1. The predicted octanol–water partition coefficient (Wildman–Crippen LogP) is 3.38. The molecule has 0 aromatic carbocycles. The normalized spacial score (nSPS) is 10.5. The summed E-state index contributed by atoms with van der Waals surface area (Å²) in [7, 11) is 1.51. The van der Waals surface area contributed by atoms with Crippen molar-refractivity contribution in [3.05, 3.63) is 23.9 Å². The molecular weight excluding hydrogens is 243 g/mol. The second-order valence-electron chi connectivity index (χ2n) is 2.79. The smallest absolute Gasteiger partial charge is 0.301 e. The fraction of sp³-hybridized carbons (Fsp3) is 0.444. The minimum absolute atomic E-state index is 0.149. The van der Waals surface area contributed by atoms with Crippen molar-refractivity contribution in [1.29, 1.82) is 0 Å². The average Bonchev–Trinajstić information content (AvgIpc) is 2.66. The lowest BCUT2D eigenvalue weighted by atomic mass is 10.4. The molecule has 0 N–H and O–H groups in total. The van der Waals surface area contributed by atoms with Crippen molar-refractivity contribution >= 4 is 11.8 Å². The van der Waals surface area contributed by atoms with Gasteiger partial charge in [0.2, 0.25) is 0 Å². The molecular formula is C9H10F3NO2S. The van der Waals surface area contributed by atoms with Gasteiger partial charge in [0.05, 0.1) is 6.20 Å². The molecule has 1 aromatic heterocycles. The summed E-state index contributed by atoms with van der Waals surface area (Å²) in [4.78, 5) is 3.87. The van der Waals surface area contributed by atoms with Crippen LogP contribution >= 0.6 is 11.8 Å². The molecule has 0 aliphatic carbocycles. The lowest BCUT2D eigenvalue weighted by Crippen LogP contribution is -1.83. The number of rotatable bonds is 6. The number of nitrogens with zero attached hydrogens (tertiary/aromatic N) is 1. The Morgan fingerprint density at radius 3 is 2.88 bits per heavy atom. The second kappa shape index (κ2) is 6.59. The van der Waals surface area contributed by atoms with Gasteiger partial charge in [0.1, 0.15) is 6.61 Å². The summed E-state index contributed by atoms with van der Waals surface area (Å²) >= 11 is 1.07. The van der Waals surface area contributed by atoms with Gasteiger partial charge in [-0.3, -0.25) is 0 Å². The summed E-state index contributed by atoms with van der Waals surface area (Å²) in [5.74, 6) is -0.704. The van der Waals surface area contributed by atoms with Crippen LogP contribution in [0.15, 0.2) is 27.7 Å². The molecule has 0 amide bonds. The van der Waals surface area contributed by atoms with Crippen LogP contribution in [0.2, 0.25) is 0 Å². The van der Waals surface area contributed by atoms with Crippen molar-refractivity contribution in [3.63, 3.8) is 0 Å². The van der Waals surface area contributed by atoms with Crippen LogP contribution in [0, 0.1) is 0 Å². The Labute approximate surface area is 94.7 Å². The van der Waals surface area contributed by atoms with Crippen molar-refractivity contribution < 1.29 is 22.3 Å². The molecule has 7 heteroatoms. The van der Waals surface area contributed by atoms with E-state index in [9.17, 15) is 13.2 Å². The first-order chi connectivity index (χ1) is 7.63. The first-order valence-corrected chi connectivity index (χ1v) is 5.38. The topological polar surface area (TPSA) is 35.3 Å². The van der Waals surface area contributed by atoms with E-state index in [0.717, 1.165) is 11.8 Å². The number of ether oxygens (including phenoxy) is 1. The van der Waals surface area contributed by atoms with Gasteiger partial charge >= 0.3 is 6.08 Å². The van der Waals surface area contributed by atoms with Crippen LogP contribution in [-0.4, -0.2) is 17.8 Å². The molecule has 0 aliphatic rings. The van der Waals surface area contributed by atoms with E-state index in [1.165, 1.54) is 13.3 Å². The molecule has 0 atom stereocenters. The van der Waals surface area contributed by atoms with Crippen LogP contribution in [0.3, 0.4) is 0 Å². The van der Waals surface area contributed by atoms with E-state index < -0.39 is 11.9 Å². The first kappa shape index (κ1) is 13.1. The first-order valence-electron chi connectivity index (χ1n) is 4.39. The summed E-state index contributed by atoms with van der Waals surface area (Å²) in [6, 6.07) is 0. The van der Waals surface area contributed by atoms with Gasteiger partial charge in [-0.2, -0.15) is 8.78 Å². The van der Waals surface area contributed by atoms with Crippen LogP contribution < -0.4 is 0 Å². The molecule has 0 aliphatic heterocycles. The highest BCUT2D eigenvalue weighted by Gasteiger charge is 2.08. The zero-order valence-corrected chi connectivity index (χ0v) is 9.32. The zero-order valence-electron chi connectivity index (χ0n) is 8.50. The molecule has 1 rings (SSSR count). The van der Waals surface area contributed by atoms with E-state index in [1.807, 2.05) is 0 Å². The Morgan fingerprint density at radius 2 is 2.25 bits per heavy atom. The Kier molecular flexibility index (Phi) is 5.41. The standard InChI is InChI=1S/C9H10F3NO2S/c1-14-5-6-4-13-9(15-6)16-3-2-7(10)8(11)12/h4H,2-3,5H2,1H3. The molecule has 0 unspecified atom stereocenters. The minimum Gasteiger partial charge on any atom is -0.434 e. The van der Waals surface area contributed by atoms with Gasteiger partial charge in [0, 0.05) is 19.3 Å². The molecule has 0 bridgehead atoms. The fourth-order valence-electron chi connectivity index (χ4n) is 0.888. The molecule has 3 nitrogen and oxygen atoms in total. The molecule has 0 saturated heterocycles. The van der Waals surface area contributed by atoms with Gasteiger partial charge in [-0.1, -0.05) is 11.8 Å². The average molecular weight is 253 g/mol. The van der Waals surface area contributed by atoms with E-state index in [0.29, 0.717) is 17.6 Å². The molecule has 0 saturated carbocycles. The quantitative estimate of drug-likeness (QED) is 0.728. The number of oxazole rings is 1. The number of thioether (sulfide) groups is 1. The summed E-state index contributed by atoms with van der Waals surface area (Å²) in [6.45, 7) is 0.293. The van der Waals surface area contributed by atoms with Gasteiger partial charge < -0.3 is 9.15 Å². The zero-order chi connectivity index (χ0) is 12.0. The minimum atomic E-state index is -2.27. The van der Waals surface area contributed by atoms with Gasteiger partial charge in [-0.05, 0) is 0 Å². The van der Waals surface area contributed by atoms with Crippen molar-refractivity contribution in [3.8, 4) is 0 Å². The maximum atomic E-state index is 12.4. The van der Waals surface area contributed by atoms with Crippen molar-refractivity contribution in [1.82, 2.24) is 4.98 Å². The number of methoxy groups -OCH3 is 1. The van der Waals surface area contributed by atoms with Crippen LogP contribution in [0.4, 0.5) is 13.2 Å². The molecule has 0 radical (unpaired) electrons. The predicted molar refractivity (Wildman–Crippen MR) is 52.9 cm³/mol. The fourth-order valence-corrected chi connectivity index (χ4v) is 1.64. The molecule has 0 spiro atoms. The number of halogens is 3. The van der Waals surface area contributed by atoms with Gasteiger partial charge in [0.25, 0.3) is 5.22 Å². The lowest BCUT2D eigenvalue weighted by molar-refractivity contribution is 0.159. The summed E-state index contributed by atoms with van der Waals surface area (Å²) in [6.07, 6.45) is -1.13. The number of hydrogen-bond acceptors (Lipinski definition) is 4. The SMILES string of the molecule is COCc1cnc(SCCC(F)=C(F)F)o1. The molecule has 0 fully saturated rings. The maximum absolute atomic E-state index is 12.4. The largest absolute Gasteiger partial charge is 0.434 e. The van der Waals surface area contributed by atoms with Crippen molar-refractivity contribution in [2.45, 2.75) is 18.3 Å². The van der Waals surface area contributed by atoms with Gasteiger partial charge in [-0.15, -0.1) is 0 Å². The summed E-state index contributed by atoms with van der Waals surface area (Å²) in [5, 5.41) is 0.319. The summed E-state index contributed by atoms with van der Waals surface area (Å²) < 4.78 is 45.8. The van der Waals surface area contributed by atoms with Crippen molar-refractivity contribution in [2.75, 3.05) is 12.9 Å². The molecule has 1 heterocycles. The van der Waals surface area contributed by atoms with Crippen LogP contribution in [0.25, 0.3) is 0 Å². The third kappa shape index (κ3) is 4.28. The van der Waals surface area contributed by atoms with Gasteiger partial charge in [0.15, 0.2) is 11.6 Å². The van der Waals surface area contributed by atoms with E-state index in [4.69, 9.17) is 9.15 Å². The third-order valence-electron chi connectivity index (χ3n) is 1.57. The van der Waals surface area contributed by atoms with Crippen LogP contribution in [0.5, 0.6) is 0 Å². The highest BCUT2D eigenvalue weighted by Crippen LogP contribution is 2.22. The number of aromatic nitrogens is 1. The van der Waals surface area contributed by atoms with Crippen molar-refractivity contribution in [2.24, 2.45) is 0 Å². The molecule has 1 aromatic rings. The Morgan fingerprint density at radius 1 is 1.50 bits per heavy atom. The summed E-state index contributed by atoms with van der Waals surface area (Å²) in [5.41, 5.74) is 0. The maximum Gasteiger partial charge on any atom is 0.301 e. The van der Waals surface area contributed by atoms with E-state index in [-0.39, 0.29) is 12.2 Å². The van der Waals surface area contributed by atoms with E-state index >= 15 is 0 Å². The molecule has 90 valence electrons. The number of hydrogen-bond donors (Lipinski definition) is 0. The lowest BCUT2D eigenvalue weighted by Gasteiger charge is -1.95. The van der Waals surface area contributed by atoms with Gasteiger partial charge in [-0.25, -0.2) is 9.37 Å². The van der Waals surface area contributed by atoms with Crippen LogP contribution in [0.1, 0.15) is 12.2 Å². The van der Waals surface area contributed by atoms with E-state index in [2.05, 4.69) is 4.98 Å². The monoisotopic (exact) mass is 253 g/mol. The van der Waals surface area contributed by atoms with E-state index in [1.54, 1.807) is 0 Å². The Balaban J connectivity index is 2.34. The third-order valence-corrected chi connectivity index (χ3v) is 2.42. The molecule has 16 heavy (non-hydrogen) atoms. The highest BCUT2D eigenvalue weighted by molar-refractivity contribution is 7.99. The van der Waals surface area contributed by atoms with Crippen LogP contribution in [-0.2, 0) is 11.3 Å². The Hall–Kier alpha value is -0.950. The Bertz CT molecular complexity index is 363. The second-order valence-corrected chi connectivity index (χ2v) is 3.84. The highest BCUT2D eigenvalue weighted by atomic mass is 32.2.